The Labute approximate surface area is 160 Å². The van der Waals surface area contributed by atoms with E-state index in [2.05, 4.69) is 26.2 Å². The molecule has 1 atom stereocenters. The fourth-order valence-corrected chi connectivity index (χ4v) is 3.54. The maximum Gasteiger partial charge on any atom is 0.424 e. The van der Waals surface area contributed by atoms with E-state index < -0.39 is 29.1 Å². The Morgan fingerprint density at radius 2 is 2.12 bits per heavy atom. The van der Waals surface area contributed by atoms with Gasteiger partial charge in [-0.1, -0.05) is 15.9 Å². The molecule has 0 radical (unpaired) electrons. The number of amides is 1. The highest BCUT2D eigenvalue weighted by Gasteiger charge is 2.58. The number of hydrogen-bond acceptors (Lipinski definition) is 5. The Bertz CT molecular complexity index is 797. The number of halogens is 4. The SMILES string of the molecule is COc1ccc(Br)cc1CNC(=O)CC(O)(c1nc(C)cs1)C(F)(F)F. The minimum Gasteiger partial charge on any atom is -0.496 e. The molecular weight excluding hydrogens is 437 g/mol. The molecule has 0 aliphatic rings. The van der Waals surface area contributed by atoms with Gasteiger partial charge >= 0.3 is 6.18 Å². The van der Waals surface area contributed by atoms with Gasteiger partial charge in [-0.2, -0.15) is 13.2 Å². The van der Waals surface area contributed by atoms with Crippen molar-refractivity contribution >= 4 is 33.2 Å². The molecule has 0 saturated heterocycles. The molecule has 1 heterocycles. The molecule has 10 heteroatoms. The summed E-state index contributed by atoms with van der Waals surface area (Å²) < 4.78 is 46.1. The minimum atomic E-state index is -5.04. The number of alkyl halides is 3. The lowest BCUT2D eigenvalue weighted by Crippen LogP contribution is -2.46. The first kappa shape index (κ1) is 20.7. The molecule has 26 heavy (non-hydrogen) atoms. The third-order valence-electron chi connectivity index (χ3n) is 3.58. The van der Waals surface area contributed by atoms with Crippen LogP contribution < -0.4 is 10.1 Å². The van der Waals surface area contributed by atoms with E-state index in [1.165, 1.54) is 19.4 Å². The standard InChI is InChI=1S/C16H16BrF3N2O3S/c1-9-8-26-14(22-9)15(24,16(18,19)20)6-13(23)21-7-10-5-11(17)3-4-12(10)25-2/h3-5,8,24H,6-7H2,1-2H3,(H,21,23). The third-order valence-corrected chi connectivity index (χ3v) is 5.18. The number of hydrogen-bond donors (Lipinski definition) is 2. The molecule has 1 aromatic heterocycles. The third kappa shape index (κ3) is 4.54. The predicted molar refractivity (Wildman–Crippen MR) is 94.0 cm³/mol. The van der Waals surface area contributed by atoms with Crippen molar-refractivity contribution < 1.29 is 27.8 Å². The van der Waals surface area contributed by atoms with Crippen LogP contribution in [-0.2, 0) is 16.9 Å². The van der Waals surface area contributed by atoms with E-state index in [0.29, 0.717) is 28.3 Å². The highest BCUT2D eigenvalue weighted by Crippen LogP contribution is 2.42. The molecule has 0 fully saturated rings. The van der Waals surface area contributed by atoms with Crippen LogP contribution in [0.15, 0.2) is 28.1 Å². The van der Waals surface area contributed by atoms with Crippen molar-refractivity contribution in [3.05, 3.63) is 44.3 Å². The summed E-state index contributed by atoms with van der Waals surface area (Å²) in [6.07, 6.45) is -6.22. The molecule has 0 aliphatic carbocycles. The molecule has 0 aliphatic heterocycles. The molecule has 2 aromatic rings. The van der Waals surface area contributed by atoms with Gasteiger partial charge in [-0.05, 0) is 25.1 Å². The van der Waals surface area contributed by atoms with Crippen LogP contribution in [0.5, 0.6) is 5.75 Å². The van der Waals surface area contributed by atoms with E-state index in [4.69, 9.17) is 4.74 Å². The van der Waals surface area contributed by atoms with E-state index in [9.17, 15) is 23.1 Å². The summed E-state index contributed by atoms with van der Waals surface area (Å²) in [5.74, 6) is -0.477. The number of nitrogens with zero attached hydrogens (tertiary/aromatic N) is 1. The zero-order chi connectivity index (χ0) is 19.5. The Balaban J connectivity index is 2.15. The van der Waals surface area contributed by atoms with E-state index in [0.717, 1.165) is 4.47 Å². The zero-order valence-electron chi connectivity index (χ0n) is 13.9. The molecule has 0 spiro atoms. The highest BCUT2D eigenvalue weighted by molar-refractivity contribution is 9.10. The first-order chi connectivity index (χ1) is 12.1. The largest absolute Gasteiger partial charge is 0.496 e. The van der Waals surface area contributed by atoms with Crippen molar-refractivity contribution in [2.75, 3.05) is 7.11 Å². The molecule has 1 unspecified atom stereocenters. The summed E-state index contributed by atoms with van der Waals surface area (Å²) in [7, 11) is 1.45. The van der Waals surface area contributed by atoms with Crippen molar-refractivity contribution in [3.8, 4) is 5.75 Å². The summed E-state index contributed by atoms with van der Waals surface area (Å²) in [5.41, 5.74) is -2.42. The number of aliphatic hydroxyl groups is 1. The summed E-state index contributed by atoms with van der Waals surface area (Å²) in [5, 5.41) is 13.4. The van der Waals surface area contributed by atoms with Crippen LogP contribution in [0.1, 0.15) is 22.7 Å². The number of carbonyl (C=O) groups excluding carboxylic acids is 1. The van der Waals surface area contributed by atoms with Crippen LogP contribution >= 0.6 is 27.3 Å². The molecule has 1 amide bonds. The number of ether oxygens (including phenoxy) is 1. The van der Waals surface area contributed by atoms with Crippen molar-refractivity contribution in [1.82, 2.24) is 10.3 Å². The lowest BCUT2D eigenvalue weighted by molar-refractivity contribution is -0.267. The molecule has 2 N–H and O–H groups in total. The smallest absolute Gasteiger partial charge is 0.424 e. The average Bonchev–Trinajstić information content (AvgIpc) is 2.99. The topological polar surface area (TPSA) is 71.5 Å². The molecule has 1 aromatic carbocycles. The Hall–Kier alpha value is -1.65. The number of thiazole rings is 1. The molecule has 0 saturated carbocycles. The maximum absolute atomic E-state index is 13.4. The van der Waals surface area contributed by atoms with Gasteiger partial charge in [0, 0.05) is 27.7 Å². The first-order valence-corrected chi connectivity index (χ1v) is 9.05. The Morgan fingerprint density at radius 3 is 2.65 bits per heavy atom. The predicted octanol–water partition coefficient (Wildman–Crippen LogP) is 3.68. The van der Waals surface area contributed by atoms with Gasteiger partial charge in [0.1, 0.15) is 10.8 Å². The minimum absolute atomic E-state index is 0.0493. The maximum atomic E-state index is 13.4. The van der Waals surface area contributed by atoms with Gasteiger partial charge in [0.25, 0.3) is 0 Å². The first-order valence-electron chi connectivity index (χ1n) is 7.37. The van der Waals surface area contributed by atoms with Crippen LogP contribution in [0.4, 0.5) is 13.2 Å². The highest BCUT2D eigenvalue weighted by atomic mass is 79.9. The molecule has 0 bridgehead atoms. The van der Waals surface area contributed by atoms with Crippen molar-refractivity contribution in [2.24, 2.45) is 0 Å². The quantitative estimate of drug-likeness (QED) is 0.701. The Kier molecular flexibility index (Phi) is 6.30. The van der Waals surface area contributed by atoms with Crippen LogP contribution in [0, 0.1) is 6.92 Å². The van der Waals surface area contributed by atoms with Gasteiger partial charge in [0.05, 0.1) is 13.5 Å². The van der Waals surface area contributed by atoms with Crippen LogP contribution in [0.3, 0.4) is 0 Å². The fourth-order valence-electron chi connectivity index (χ4n) is 2.21. The second-order valence-electron chi connectivity index (χ2n) is 5.56. The lowest BCUT2D eigenvalue weighted by Gasteiger charge is -2.28. The number of aromatic nitrogens is 1. The number of carbonyl (C=O) groups is 1. The number of aryl methyl sites for hydroxylation is 1. The summed E-state index contributed by atoms with van der Waals surface area (Å²) in [6, 6.07) is 5.08. The second kappa shape index (κ2) is 7.93. The lowest BCUT2D eigenvalue weighted by atomic mass is 9.99. The molecule has 2 rings (SSSR count). The average molecular weight is 453 g/mol. The molecule has 142 valence electrons. The van der Waals surface area contributed by atoms with Gasteiger partial charge in [-0.25, -0.2) is 4.98 Å². The Morgan fingerprint density at radius 1 is 1.42 bits per heavy atom. The van der Waals surface area contributed by atoms with Crippen molar-refractivity contribution in [3.63, 3.8) is 0 Å². The monoisotopic (exact) mass is 452 g/mol. The van der Waals surface area contributed by atoms with Crippen molar-refractivity contribution in [2.45, 2.75) is 31.7 Å². The fraction of sp³-hybridized carbons (Fsp3) is 0.375. The normalized spacial score (nSPS) is 14.0. The van der Waals surface area contributed by atoms with Gasteiger partial charge in [0.15, 0.2) is 0 Å². The van der Waals surface area contributed by atoms with E-state index >= 15 is 0 Å². The van der Waals surface area contributed by atoms with E-state index in [1.54, 1.807) is 18.2 Å². The second-order valence-corrected chi connectivity index (χ2v) is 7.34. The van der Waals surface area contributed by atoms with Crippen LogP contribution in [-0.4, -0.2) is 29.3 Å². The van der Waals surface area contributed by atoms with E-state index in [-0.39, 0.29) is 6.54 Å². The van der Waals surface area contributed by atoms with Gasteiger partial charge in [-0.3, -0.25) is 4.79 Å². The van der Waals surface area contributed by atoms with Gasteiger partial charge in [-0.15, -0.1) is 11.3 Å². The van der Waals surface area contributed by atoms with Gasteiger partial charge < -0.3 is 15.2 Å². The summed E-state index contributed by atoms with van der Waals surface area (Å²) >= 11 is 3.94. The summed E-state index contributed by atoms with van der Waals surface area (Å²) in [6.45, 7) is 1.46. The molecular formula is C16H16BrF3N2O3S. The van der Waals surface area contributed by atoms with Crippen LogP contribution in [0.25, 0.3) is 0 Å². The van der Waals surface area contributed by atoms with Crippen molar-refractivity contribution in [1.29, 1.82) is 0 Å². The van der Waals surface area contributed by atoms with Crippen LogP contribution in [0.2, 0.25) is 0 Å². The number of methoxy groups -OCH3 is 1. The summed E-state index contributed by atoms with van der Waals surface area (Å²) in [4.78, 5) is 15.8. The number of nitrogens with one attached hydrogen (secondary N) is 1. The zero-order valence-corrected chi connectivity index (χ0v) is 16.3. The molecule has 5 nitrogen and oxygen atoms in total. The van der Waals surface area contributed by atoms with Gasteiger partial charge in [0.2, 0.25) is 11.5 Å². The number of rotatable bonds is 6. The number of benzene rings is 1. The van der Waals surface area contributed by atoms with E-state index in [1.807, 2.05) is 0 Å².